The molecular weight excluding hydrogens is 346 g/mol. The Morgan fingerprint density at radius 1 is 0.731 bits per heavy atom. The van der Waals surface area contributed by atoms with Gasteiger partial charge in [0.2, 0.25) is 0 Å². The van der Waals surface area contributed by atoms with E-state index in [1.54, 1.807) is 26.0 Å². The van der Waals surface area contributed by atoms with E-state index in [1.807, 2.05) is 12.1 Å². The van der Waals surface area contributed by atoms with Gasteiger partial charge in [-0.3, -0.25) is 0 Å². The van der Waals surface area contributed by atoms with Gasteiger partial charge in [-0.1, -0.05) is 71.2 Å². The number of rotatable bonds is 0. The van der Waals surface area contributed by atoms with E-state index in [2.05, 4.69) is 13.8 Å². The summed E-state index contributed by atoms with van der Waals surface area (Å²) in [5.74, 6) is 1.57. The van der Waals surface area contributed by atoms with E-state index in [0.717, 1.165) is 22.6 Å². The molecule has 142 valence electrons. The molecule has 0 aliphatic heterocycles. The fourth-order valence-electron chi connectivity index (χ4n) is 3.46. The lowest BCUT2D eigenvalue weighted by molar-refractivity contribution is 0.308. The van der Waals surface area contributed by atoms with Gasteiger partial charge in [-0.2, -0.15) is 0 Å². The van der Waals surface area contributed by atoms with Crippen LogP contribution in [0.15, 0.2) is 24.3 Å². The number of fused-ring (bicyclic) bond motifs is 3. The molecule has 3 aromatic rings. The summed E-state index contributed by atoms with van der Waals surface area (Å²) in [5, 5.41) is 1.60. The standard InChI is InChI=1S/C14H10F2S.C8H16.CH4/c1-7-3-5-9-10-6-4-8(2)12(16)14(10)17-13(9)11(7)15;1-7-3-5-8(2)6-4-7;/h3-6H,1-2H3;7-8H,3-6H2,1-2H3;1H4. The Labute approximate surface area is 160 Å². The van der Waals surface area contributed by atoms with E-state index in [0.29, 0.717) is 20.5 Å². The van der Waals surface area contributed by atoms with Crippen molar-refractivity contribution in [3.63, 3.8) is 0 Å². The molecule has 2 aromatic carbocycles. The Morgan fingerprint density at radius 3 is 1.42 bits per heavy atom. The van der Waals surface area contributed by atoms with Crippen LogP contribution in [0.4, 0.5) is 8.78 Å². The quantitative estimate of drug-likeness (QED) is 0.369. The van der Waals surface area contributed by atoms with E-state index in [-0.39, 0.29) is 19.1 Å². The maximum Gasteiger partial charge on any atom is 0.143 e. The summed E-state index contributed by atoms with van der Waals surface area (Å²) in [6.45, 7) is 8.18. The van der Waals surface area contributed by atoms with Gasteiger partial charge < -0.3 is 0 Å². The number of benzene rings is 2. The van der Waals surface area contributed by atoms with E-state index in [4.69, 9.17) is 0 Å². The molecule has 0 spiro atoms. The average Bonchev–Trinajstić information content (AvgIpc) is 2.98. The van der Waals surface area contributed by atoms with Gasteiger partial charge in [0, 0.05) is 10.8 Å². The van der Waals surface area contributed by atoms with Crippen molar-refractivity contribution in [2.24, 2.45) is 11.8 Å². The Hall–Kier alpha value is -1.48. The predicted molar refractivity (Wildman–Crippen MR) is 112 cm³/mol. The van der Waals surface area contributed by atoms with Crippen LogP contribution < -0.4 is 0 Å². The Bertz CT molecular complexity index is 814. The molecule has 0 nitrogen and oxygen atoms in total. The number of hydrogen-bond acceptors (Lipinski definition) is 1. The normalized spacial score (nSPS) is 19.8. The second-order valence-electron chi connectivity index (χ2n) is 7.61. The first-order valence-corrected chi connectivity index (χ1v) is 9.96. The van der Waals surface area contributed by atoms with Crippen molar-refractivity contribution in [1.29, 1.82) is 0 Å². The zero-order valence-electron chi connectivity index (χ0n) is 15.5. The lowest BCUT2D eigenvalue weighted by Gasteiger charge is -2.22. The SMILES string of the molecule is C.CC1CCC(C)CC1.Cc1ccc2c(sc3c(F)c(C)ccc32)c1F. The highest BCUT2D eigenvalue weighted by atomic mass is 32.1. The second-order valence-corrected chi connectivity index (χ2v) is 8.63. The molecule has 1 aliphatic carbocycles. The van der Waals surface area contributed by atoms with E-state index in [1.165, 1.54) is 37.0 Å². The maximum absolute atomic E-state index is 14.0. The van der Waals surface area contributed by atoms with Gasteiger partial charge in [-0.25, -0.2) is 8.78 Å². The molecular formula is C23H30F2S. The van der Waals surface area contributed by atoms with Gasteiger partial charge >= 0.3 is 0 Å². The number of aryl methyl sites for hydroxylation is 2. The van der Waals surface area contributed by atoms with Crippen LogP contribution in [0, 0.1) is 37.3 Å². The highest BCUT2D eigenvalue weighted by Gasteiger charge is 2.14. The number of thiophene rings is 1. The van der Waals surface area contributed by atoms with Crippen LogP contribution in [0.2, 0.25) is 0 Å². The molecule has 1 fully saturated rings. The second kappa shape index (κ2) is 8.47. The molecule has 1 saturated carbocycles. The van der Waals surface area contributed by atoms with Crippen molar-refractivity contribution in [2.75, 3.05) is 0 Å². The summed E-state index contributed by atoms with van der Waals surface area (Å²) in [6.07, 6.45) is 5.89. The molecule has 3 heteroatoms. The van der Waals surface area contributed by atoms with Crippen molar-refractivity contribution >= 4 is 31.5 Å². The van der Waals surface area contributed by atoms with Gasteiger partial charge in [0.15, 0.2) is 0 Å². The number of hydrogen-bond donors (Lipinski definition) is 0. The van der Waals surface area contributed by atoms with Gasteiger partial charge in [-0.15, -0.1) is 11.3 Å². The maximum atomic E-state index is 14.0. The fourth-order valence-corrected chi connectivity index (χ4v) is 4.74. The largest absolute Gasteiger partial charge is 0.205 e. The summed E-state index contributed by atoms with van der Waals surface area (Å²) in [5.41, 5.74) is 1.20. The third-order valence-corrected chi connectivity index (χ3v) is 6.59. The Balaban J connectivity index is 0.000000230. The van der Waals surface area contributed by atoms with Crippen molar-refractivity contribution in [3.05, 3.63) is 47.0 Å². The first-order valence-electron chi connectivity index (χ1n) is 9.15. The topological polar surface area (TPSA) is 0 Å². The Morgan fingerprint density at radius 2 is 1.08 bits per heavy atom. The lowest BCUT2D eigenvalue weighted by atomic mass is 9.84. The first kappa shape index (κ1) is 20.8. The highest BCUT2D eigenvalue weighted by Crippen LogP contribution is 2.38. The van der Waals surface area contributed by atoms with Crippen LogP contribution in [0.25, 0.3) is 20.2 Å². The minimum atomic E-state index is -0.235. The molecule has 1 heterocycles. The first-order chi connectivity index (χ1) is 11.9. The van der Waals surface area contributed by atoms with Gasteiger partial charge in [-0.05, 0) is 36.8 Å². The smallest absolute Gasteiger partial charge is 0.143 e. The molecule has 0 radical (unpaired) electrons. The summed E-state index contributed by atoms with van der Waals surface area (Å²) < 4.78 is 29.0. The number of halogens is 2. The molecule has 0 atom stereocenters. The zero-order chi connectivity index (χ0) is 18.1. The van der Waals surface area contributed by atoms with Crippen molar-refractivity contribution in [2.45, 2.75) is 60.8 Å². The van der Waals surface area contributed by atoms with E-state index >= 15 is 0 Å². The van der Waals surface area contributed by atoms with Crippen LogP contribution in [-0.4, -0.2) is 0 Å². The summed E-state index contributed by atoms with van der Waals surface area (Å²) in [7, 11) is 0. The van der Waals surface area contributed by atoms with Gasteiger partial charge in [0.1, 0.15) is 11.6 Å². The van der Waals surface area contributed by atoms with Crippen molar-refractivity contribution in [3.8, 4) is 0 Å². The third kappa shape index (κ3) is 4.09. The van der Waals surface area contributed by atoms with Crippen LogP contribution in [0.3, 0.4) is 0 Å². The van der Waals surface area contributed by atoms with Crippen molar-refractivity contribution in [1.82, 2.24) is 0 Å². The molecule has 1 aromatic heterocycles. The van der Waals surface area contributed by atoms with Gasteiger partial charge in [0.25, 0.3) is 0 Å². The summed E-state index contributed by atoms with van der Waals surface area (Å²) in [4.78, 5) is 0. The highest BCUT2D eigenvalue weighted by molar-refractivity contribution is 7.25. The molecule has 0 bridgehead atoms. The van der Waals surface area contributed by atoms with Crippen LogP contribution in [0.5, 0.6) is 0 Å². The van der Waals surface area contributed by atoms with Crippen LogP contribution in [-0.2, 0) is 0 Å². The summed E-state index contributed by atoms with van der Waals surface area (Å²) >= 11 is 1.19. The minimum Gasteiger partial charge on any atom is -0.205 e. The molecule has 26 heavy (non-hydrogen) atoms. The molecule has 1 aliphatic rings. The lowest BCUT2D eigenvalue weighted by Crippen LogP contribution is -2.08. The Kier molecular flexibility index (Phi) is 6.79. The molecule has 0 unspecified atom stereocenters. The minimum absolute atomic E-state index is 0. The summed E-state index contributed by atoms with van der Waals surface area (Å²) in [6, 6.07) is 7.20. The van der Waals surface area contributed by atoms with E-state index < -0.39 is 0 Å². The monoisotopic (exact) mass is 376 g/mol. The zero-order valence-corrected chi connectivity index (χ0v) is 16.3. The fraction of sp³-hybridized carbons (Fsp3) is 0.478. The van der Waals surface area contributed by atoms with Gasteiger partial charge in [0.05, 0.1) is 9.40 Å². The molecule has 0 saturated heterocycles. The van der Waals surface area contributed by atoms with E-state index in [9.17, 15) is 8.78 Å². The molecule has 0 N–H and O–H groups in total. The average molecular weight is 377 g/mol. The van der Waals surface area contributed by atoms with Crippen LogP contribution >= 0.6 is 11.3 Å². The third-order valence-electron chi connectivity index (χ3n) is 5.38. The van der Waals surface area contributed by atoms with Crippen LogP contribution in [0.1, 0.15) is 58.1 Å². The molecule has 0 amide bonds. The molecule has 4 rings (SSSR count). The van der Waals surface area contributed by atoms with Crippen molar-refractivity contribution < 1.29 is 8.78 Å². The predicted octanol–water partition coefficient (Wildman–Crippen LogP) is 8.42.